The first-order valence-corrected chi connectivity index (χ1v) is 5.33. The van der Waals surface area contributed by atoms with Gasteiger partial charge in [-0.25, -0.2) is 0 Å². The molecule has 86 valence electrons. The molecule has 1 aliphatic rings. The summed E-state index contributed by atoms with van der Waals surface area (Å²) in [6.07, 6.45) is 0.794. The predicted octanol–water partition coefficient (Wildman–Crippen LogP) is -0.682. The molecule has 0 spiro atoms. The molecule has 0 aromatic heterocycles. The van der Waals surface area contributed by atoms with Crippen molar-refractivity contribution in [2.75, 3.05) is 19.6 Å². The van der Waals surface area contributed by atoms with Gasteiger partial charge in [0.1, 0.15) is 0 Å². The molecule has 5 nitrogen and oxygen atoms in total. The number of carbonyl (C=O) groups excluding carboxylic acids is 2. The molecule has 0 bridgehead atoms. The van der Waals surface area contributed by atoms with Crippen LogP contribution in [0.15, 0.2) is 0 Å². The van der Waals surface area contributed by atoms with Crippen molar-refractivity contribution in [3.63, 3.8) is 0 Å². The molecule has 2 amide bonds. The van der Waals surface area contributed by atoms with E-state index >= 15 is 0 Å². The van der Waals surface area contributed by atoms with Gasteiger partial charge in [-0.15, -0.1) is 0 Å². The SMILES string of the molecule is CC(C)C(N)C(=O)N1CCCNC(=O)C1. The number of nitrogens with zero attached hydrogens (tertiary/aromatic N) is 1. The number of nitrogens with one attached hydrogen (secondary N) is 1. The van der Waals surface area contributed by atoms with Crippen LogP contribution in [0.3, 0.4) is 0 Å². The van der Waals surface area contributed by atoms with Gasteiger partial charge in [-0.2, -0.15) is 0 Å². The highest BCUT2D eigenvalue weighted by Crippen LogP contribution is 2.05. The molecule has 1 heterocycles. The average Bonchev–Trinajstić information content (AvgIpc) is 2.40. The van der Waals surface area contributed by atoms with Gasteiger partial charge in [0.25, 0.3) is 0 Å². The quantitative estimate of drug-likeness (QED) is 0.638. The Kier molecular flexibility index (Phi) is 4.08. The Morgan fingerprint density at radius 3 is 2.80 bits per heavy atom. The molecule has 5 heteroatoms. The maximum atomic E-state index is 11.9. The molecule has 0 radical (unpaired) electrons. The van der Waals surface area contributed by atoms with E-state index in [1.54, 1.807) is 4.90 Å². The smallest absolute Gasteiger partial charge is 0.240 e. The number of amides is 2. The van der Waals surface area contributed by atoms with Crippen LogP contribution >= 0.6 is 0 Å². The second kappa shape index (κ2) is 5.11. The van der Waals surface area contributed by atoms with Gasteiger partial charge >= 0.3 is 0 Å². The van der Waals surface area contributed by atoms with Crippen LogP contribution in [0.5, 0.6) is 0 Å². The number of rotatable bonds is 2. The standard InChI is InChI=1S/C10H19N3O2/c1-7(2)9(11)10(15)13-5-3-4-12-8(14)6-13/h7,9H,3-6,11H2,1-2H3,(H,12,14). The fraction of sp³-hybridized carbons (Fsp3) is 0.800. The summed E-state index contributed by atoms with van der Waals surface area (Å²) < 4.78 is 0. The Bertz CT molecular complexity index is 253. The van der Waals surface area contributed by atoms with Crippen LogP contribution in [0, 0.1) is 5.92 Å². The van der Waals surface area contributed by atoms with E-state index in [0.717, 1.165) is 6.42 Å². The van der Waals surface area contributed by atoms with Crippen LogP contribution < -0.4 is 11.1 Å². The summed E-state index contributed by atoms with van der Waals surface area (Å²) in [6.45, 7) is 5.19. The molecule has 15 heavy (non-hydrogen) atoms. The molecule has 0 aliphatic carbocycles. The summed E-state index contributed by atoms with van der Waals surface area (Å²) in [5.41, 5.74) is 5.76. The lowest BCUT2D eigenvalue weighted by atomic mass is 10.0. The first kappa shape index (κ1) is 12.0. The van der Waals surface area contributed by atoms with Crippen LogP contribution in [0.4, 0.5) is 0 Å². The lowest BCUT2D eigenvalue weighted by molar-refractivity contribution is -0.137. The van der Waals surface area contributed by atoms with E-state index in [4.69, 9.17) is 5.73 Å². The third-order valence-corrected chi connectivity index (χ3v) is 2.58. The predicted molar refractivity (Wildman–Crippen MR) is 57.0 cm³/mol. The largest absolute Gasteiger partial charge is 0.354 e. The fourth-order valence-electron chi connectivity index (χ4n) is 1.49. The van der Waals surface area contributed by atoms with Crippen LogP contribution in [-0.4, -0.2) is 42.4 Å². The molecule has 1 fully saturated rings. The van der Waals surface area contributed by atoms with Crippen LogP contribution in [-0.2, 0) is 9.59 Å². The Hall–Kier alpha value is -1.10. The minimum atomic E-state index is -0.504. The zero-order valence-electron chi connectivity index (χ0n) is 9.32. The fourth-order valence-corrected chi connectivity index (χ4v) is 1.49. The maximum absolute atomic E-state index is 11.9. The van der Waals surface area contributed by atoms with Gasteiger partial charge in [0.2, 0.25) is 11.8 Å². The highest BCUT2D eigenvalue weighted by molar-refractivity contribution is 5.87. The maximum Gasteiger partial charge on any atom is 0.240 e. The first-order valence-electron chi connectivity index (χ1n) is 5.33. The highest BCUT2D eigenvalue weighted by atomic mass is 16.2. The van der Waals surface area contributed by atoms with Gasteiger partial charge in [0, 0.05) is 13.1 Å². The van der Waals surface area contributed by atoms with Crippen molar-refractivity contribution in [2.45, 2.75) is 26.3 Å². The first-order chi connectivity index (χ1) is 7.02. The minimum Gasteiger partial charge on any atom is -0.354 e. The molecule has 1 saturated heterocycles. The molecule has 3 N–H and O–H groups in total. The van der Waals surface area contributed by atoms with Crippen molar-refractivity contribution in [1.29, 1.82) is 0 Å². The monoisotopic (exact) mass is 213 g/mol. The Balaban J connectivity index is 2.61. The summed E-state index contributed by atoms with van der Waals surface area (Å²) in [5, 5.41) is 2.72. The second-order valence-electron chi connectivity index (χ2n) is 4.23. The number of hydrogen-bond acceptors (Lipinski definition) is 3. The van der Waals surface area contributed by atoms with E-state index in [9.17, 15) is 9.59 Å². The molecular weight excluding hydrogens is 194 g/mol. The summed E-state index contributed by atoms with van der Waals surface area (Å²) in [7, 11) is 0. The molecule has 1 unspecified atom stereocenters. The third kappa shape index (κ3) is 3.20. The Morgan fingerprint density at radius 2 is 2.20 bits per heavy atom. The number of nitrogens with two attached hydrogens (primary N) is 1. The zero-order chi connectivity index (χ0) is 11.4. The second-order valence-corrected chi connectivity index (χ2v) is 4.23. The zero-order valence-corrected chi connectivity index (χ0v) is 9.32. The van der Waals surface area contributed by atoms with Crippen molar-refractivity contribution in [3.8, 4) is 0 Å². The van der Waals surface area contributed by atoms with Crippen molar-refractivity contribution in [3.05, 3.63) is 0 Å². The summed E-state index contributed by atoms with van der Waals surface area (Å²) in [4.78, 5) is 24.7. The van der Waals surface area contributed by atoms with E-state index in [2.05, 4.69) is 5.32 Å². The van der Waals surface area contributed by atoms with Gasteiger partial charge in [0.05, 0.1) is 12.6 Å². The molecular formula is C10H19N3O2. The van der Waals surface area contributed by atoms with Crippen LogP contribution in [0.1, 0.15) is 20.3 Å². The summed E-state index contributed by atoms with van der Waals surface area (Å²) >= 11 is 0. The van der Waals surface area contributed by atoms with E-state index in [-0.39, 0.29) is 24.3 Å². The van der Waals surface area contributed by atoms with Gasteiger partial charge in [-0.3, -0.25) is 9.59 Å². The highest BCUT2D eigenvalue weighted by Gasteiger charge is 2.26. The topological polar surface area (TPSA) is 75.4 Å². The molecule has 1 atom stereocenters. The summed E-state index contributed by atoms with van der Waals surface area (Å²) in [6, 6.07) is -0.504. The van der Waals surface area contributed by atoms with Crippen LogP contribution in [0.25, 0.3) is 0 Å². The van der Waals surface area contributed by atoms with E-state index in [0.29, 0.717) is 13.1 Å². The Labute approximate surface area is 90.0 Å². The molecule has 1 aliphatic heterocycles. The third-order valence-electron chi connectivity index (χ3n) is 2.58. The minimum absolute atomic E-state index is 0.100. The van der Waals surface area contributed by atoms with Gasteiger partial charge < -0.3 is 16.0 Å². The lowest BCUT2D eigenvalue weighted by Gasteiger charge is -2.24. The van der Waals surface area contributed by atoms with Crippen LogP contribution in [0.2, 0.25) is 0 Å². The van der Waals surface area contributed by atoms with E-state index in [1.165, 1.54) is 0 Å². The molecule has 0 saturated carbocycles. The normalized spacial score (nSPS) is 19.7. The lowest BCUT2D eigenvalue weighted by Crippen LogP contribution is -2.48. The van der Waals surface area contributed by atoms with Crippen molar-refractivity contribution >= 4 is 11.8 Å². The van der Waals surface area contributed by atoms with Crippen molar-refractivity contribution in [2.24, 2.45) is 11.7 Å². The van der Waals surface area contributed by atoms with Gasteiger partial charge in [-0.05, 0) is 12.3 Å². The van der Waals surface area contributed by atoms with E-state index < -0.39 is 6.04 Å². The number of hydrogen-bond donors (Lipinski definition) is 2. The molecule has 1 rings (SSSR count). The van der Waals surface area contributed by atoms with E-state index in [1.807, 2.05) is 13.8 Å². The Morgan fingerprint density at radius 1 is 1.53 bits per heavy atom. The van der Waals surface area contributed by atoms with Crippen molar-refractivity contribution in [1.82, 2.24) is 10.2 Å². The van der Waals surface area contributed by atoms with Gasteiger partial charge in [0.15, 0.2) is 0 Å². The number of carbonyl (C=O) groups is 2. The molecule has 0 aromatic rings. The van der Waals surface area contributed by atoms with Crippen molar-refractivity contribution < 1.29 is 9.59 Å². The molecule has 0 aromatic carbocycles. The van der Waals surface area contributed by atoms with Gasteiger partial charge in [-0.1, -0.05) is 13.8 Å². The average molecular weight is 213 g/mol. The summed E-state index contributed by atoms with van der Waals surface area (Å²) in [5.74, 6) is -0.123.